The lowest BCUT2D eigenvalue weighted by Crippen LogP contribution is -2.32. The van der Waals surface area contributed by atoms with Crippen LogP contribution in [0.5, 0.6) is 5.75 Å². The summed E-state index contributed by atoms with van der Waals surface area (Å²) in [5.41, 5.74) is 1.12. The third kappa shape index (κ3) is 3.50. The molecule has 2 aliphatic heterocycles. The van der Waals surface area contributed by atoms with Gasteiger partial charge in [-0.3, -0.25) is 4.79 Å². The van der Waals surface area contributed by atoms with Crippen molar-refractivity contribution in [2.75, 3.05) is 33.3 Å². The van der Waals surface area contributed by atoms with Gasteiger partial charge in [0.05, 0.1) is 7.11 Å². The number of likely N-dealkylation sites (tertiary alicyclic amines) is 1. The second kappa shape index (κ2) is 7.14. The van der Waals surface area contributed by atoms with Gasteiger partial charge in [-0.15, -0.1) is 12.4 Å². The molecule has 2 saturated heterocycles. The topological polar surface area (TPSA) is 41.6 Å². The molecule has 4 nitrogen and oxygen atoms in total. The van der Waals surface area contributed by atoms with Gasteiger partial charge in [-0.1, -0.05) is 18.2 Å². The maximum atomic E-state index is 12.3. The van der Waals surface area contributed by atoms with Gasteiger partial charge in [0.2, 0.25) is 5.91 Å². The lowest BCUT2D eigenvalue weighted by atomic mass is 10.0. The number of ether oxygens (including phenoxy) is 1. The highest BCUT2D eigenvalue weighted by molar-refractivity contribution is 5.85. The van der Waals surface area contributed by atoms with Gasteiger partial charge >= 0.3 is 0 Å². The van der Waals surface area contributed by atoms with E-state index in [4.69, 9.17) is 4.74 Å². The quantitative estimate of drug-likeness (QED) is 0.921. The van der Waals surface area contributed by atoms with Gasteiger partial charge in [-0.2, -0.15) is 0 Å². The first kappa shape index (κ1) is 16.1. The lowest BCUT2D eigenvalue weighted by Gasteiger charge is -2.17. The van der Waals surface area contributed by atoms with Crippen molar-refractivity contribution in [2.24, 2.45) is 11.8 Å². The number of hydrogen-bond donors (Lipinski definition) is 1. The minimum absolute atomic E-state index is 0. The number of rotatable bonds is 4. The average Bonchev–Trinajstić information content (AvgIpc) is 3.06. The largest absolute Gasteiger partial charge is 0.496 e. The Morgan fingerprint density at radius 3 is 2.62 bits per heavy atom. The SMILES string of the molecule is COc1ccccc1CCC(=O)N1C[C@H]2CNC[C@H]2C1.Cl. The van der Waals surface area contributed by atoms with Crippen molar-refractivity contribution in [1.29, 1.82) is 0 Å². The Bertz CT molecular complexity index is 483. The Hall–Kier alpha value is -1.26. The Morgan fingerprint density at radius 1 is 1.29 bits per heavy atom. The van der Waals surface area contributed by atoms with Gasteiger partial charge in [0, 0.05) is 32.6 Å². The molecule has 2 atom stereocenters. The van der Waals surface area contributed by atoms with E-state index in [0.717, 1.165) is 43.9 Å². The summed E-state index contributed by atoms with van der Waals surface area (Å²) in [4.78, 5) is 14.4. The average molecular weight is 311 g/mol. The molecule has 1 N–H and O–H groups in total. The highest BCUT2D eigenvalue weighted by Crippen LogP contribution is 2.27. The summed E-state index contributed by atoms with van der Waals surface area (Å²) >= 11 is 0. The molecule has 2 aliphatic rings. The molecule has 0 aromatic heterocycles. The van der Waals surface area contributed by atoms with Crippen LogP contribution in [0.15, 0.2) is 24.3 Å². The highest BCUT2D eigenvalue weighted by Gasteiger charge is 2.37. The third-order valence-electron chi connectivity index (χ3n) is 4.54. The Balaban J connectivity index is 0.00000161. The molecule has 1 aromatic carbocycles. The first-order valence-electron chi connectivity index (χ1n) is 7.38. The summed E-state index contributed by atoms with van der Waals surface area (Å²) in [5.74, 6) is 2.50. The number of methoxy groups -OCH3 is 1. The summed E-state index contributed by atoms with van der Waals surface area (Å²) in [6.45, 7) is 4.01. The fourth-order valence-corrected chi connectivity index (χ4v) is 3.37. The van der Waals surface area contributed by atoms with Crippen LogP contribution in [-0.2, 0) is 11.2 Å². The molecule has 2 heterocycles. The van der Waals surface area contributed by atoms with Crippen LogP contribution in [0.2, 0.25) is 0 Å². The molecule has 0 aliphatic carbocycles. The van der Waals surface area contributed by atoms with Crippen molar-refractivity contribution in [3.63, 3.8) is 0 Å². The van der Waals surface area contributed by atoms with Crippen molar-refractivity contribution in [3.05, 3.63) is 29.8 Å². The van der Waals surface area contributed by atoms with Crippen molar-refractivity contribution < 1.29 is 9.53 Å². The molecule has 0 unspecified atom stereocenters. The van der Waals surface area contributed by atoms with Gasteiger partial charge in [-0.05, 0) is 29.9 Å². The zero-order valence-corrected chi connectivity index (χ0v) is 13.2. The van der Waals surface area contributed by atoms with Gasteiger partial charge in [0.15, 0.2) is 0 Å². The van der Waals surface area contributed by atoms with Crippen molar-refractivity contribution >= 4 is 18.3 Å². The number of benzene rings is 1. The van der Waals surface area contributed by atoms with Crippen molar-refractivity contribution in [2.45, 2.75) is 12.8 Å². The molecule has 0 radical (unpaired) electrons. The molecule has 5 heteroatoms. The molecule has 3 rings (SSSR count). The molecule has 1 amide bonds. The van der Waals surface area contributed by atoms with Crippen LogP contribution >= 0.6 is 12.4 Å². The normalized spacial score (nSPS) is 23.6. The fourth-order valence-electron chi connectivity index (χ4n) is 3.37. The molecule has 0 saturated carbocycles. The van der Waals surface area contributed by atoms with Crippen LogP contribution in [0.1, 0.15) is 12.0 Å². The molecule has 0 spiro atoms. The van der Waals surface area contributed by atoms with E-state index in [0.29, 0.717) is 18.3 Å². The van der Waals surface area contributed by atoms with E-state index in [1.54, 1.807) is 7.11 Å². The standard InChI is InChI=1S/C16H22N2O2.ClH/c1-20-15-5-3-2-4-12(15)6-7-16(19)18-10-13-8-17-9-14(13)11-18;/h2-5,13-14,17H,6-11H2,1H3;1H/t13-,14+;. The number of halogens is 1. The molecule has 116 valence electrons. The zero-order chi connectivity index (χ0) is 13.9. The summed E-state index contributed by atoms with van der Waals surface area (Å²) in [6.07, 6.45) is 1.33. The molecule has 2 fully saturated rings. The highest BCUT2D eigenvalue weighted by atomic mass is 35.5. The Kier molecular flexibility index (Phi) is 5.48. The molecule has 0 bridgehead atoms. The van der Waals surface area contributed by atoms with Crippen molar-refractivity contribution in [3.8, 4) is 5.75 Å². The van der Waals surface area contributed by atoms with E-state index >= 15 is 0 Å². The van der Waals surface area contributed by atoms with Crippen LogP contribution in [-0.4, -0.2) is 44.1 Å². The lowest BCUT2D eigenvalue weighted by molar-refractivity contribution is -0.130. The van der Waals surface area contributed by atoms with E-state index < -0.39 is 0 Å². The maximum absolute atomic E-state index is 12.3. The number of fused-ring (bicyclic) bond motifs is 1. The fraction of sp³-hybridized carbons (Fsp3) is 0.562. The minimum atomic E-state index is 0. The number of amides is 1. The number of para-hydroxylation sites is 1. The van der Waals surface area contributed by atoms with Gasteiger partial charge in [0.1, 0.15) is 5.75 Å². The number of carbonyl (C=O) groups excluding carboxylic acids is 1. The van der Waals surface area contributed by atoms with Gasteiger partial charge in [-0.25, -0.2) is 0 Å². The van der Waals surface area contributed by atoms with E-state index in [2.05, 4.69) is 5.32 Å². The smallest absolute Gasteiger partial charge is 0.222 e. The summed E-state index contributed by atoms with van der Waals surface area (Å²) in [6, 6.07) is 7.94. The first-order chi connectivity index (χ1) is 9.78. The van der Waals surface area contributed by atoms with Crippen LogP contribution in [0.25, 0.3) is 0 Å². The summed E-state index contributed by atoms with van der Waals surface area (Å²) in [7, 11) is 1.68. The van der Waals surface area contributed by atoms with Gasteiger partial charge < -0.3 is 15.0 Å². The third-order valence-corrected chi connectivity index (χ3v) is 4.54. The predicted octanol–water partition coefficient (Wildman–Crippen LogP) is 1.73. The number of hydrogen-bond acceptors (Lipinski definition) is 3. The number of aryl methyl sites for hydroxylation is 1. The molecule has 1 aromatic rings. The summed E-state index contributed by atoms with van der Waals surface area (Å²) < 4.78 is 5.33. The predicted molar refractivity (Wildman–Crippen MR) is 85.0 cm³/mol. The number of carbonyl (C=O) groups is 1. The van der Waals surface area contributed by atoms with E-state index in [-0.39, 0.29) is 18.3 Å². The molecule has 21 heavy (non-hydrogen) atoms. The van der Waals surface area contributed by atoms with Crippen LogP contribution in [0, 0.1) is 11.8 Å². The molecular weight excluding hydrogens is 288 g/mol. The summed E-state index contributed by atoms with van der Waals surface area (Å²) in [5, 5.41) is 3.40. The second-order valence-electron chi connectivity index (χ2n) is 5.79. The Morgan fingerprint density at radius 2 is 1.95 bits per heavy atom. The van der Waals surface area contributed by atoms with E-state index in [1.807, 2.05) is 29.2 Å². The van der Waals surface area contributed by atoms with Crippen molar-refractivity contribution in [1.82, 2.24) is 10.2 Å². The maximum Gasteiger partial charge on any atom is 0.222 e. The Labute approximate surface area is 132 Å². The molecular formula is C16H23ClN2O2. The first-order valence-corrected chi connectivity index (χ1v) is 7.38. The van der Waals surface area contributed by atoms with E-state index in [1.165, 1.54) is 0 Å². The zero-order valence-electron chi connectivity index (χ0n) is 12.4. The number of nitrogens with one attached hydrogen (secondary N) is 1. The second-order valence-corrected chi connectivity index (χ2v) is 5.79. The van der Waals surface area contributed by atoms with Gasteiger partial charge in [0.25, 0.3) is 0 Å². The van der Waals surface area contributed by atoms with Crippen LogP contribution < -0.4 is 10.1 Å². The number of nitrogens with zero attached hydrogens (tertiary/aromatic N) is 1. The van der Waals surface area contributed by atoms with Crippen LogP contribution in [0.3, 0.4) is 0 Å². The van der Waals surface area contributed by atoms with Crippen LogP contribution in [0.4, 0.5) is 0 Å². The van der Waals surface area contributed by atoms with E-state index in [9.17, 15) is 4.79 Å². The minimum Gasteiger partial charge on any atom is -0.496 e. The monoisotopic (exact) mass is 310 g/mol.